The molecule has 0 saturated heterocycles. The van der Waals surface area contributed by atoms with Crippen molar-refractivity contribution in [3.05, 3.63) is 21.6 Å². The van der Waals surface area contributed by atoms with Crippen LogP contribution < -0.4 is 0 Å². The van der Waals surface area contributed by atoms with E-state index >= 15 is 0 Å². The molecule has 2 nitrogen and oxygen atoms in total. The van der Waals surface area contributed by atoms with Crippen molar-refractivity contribution >= 4 is 29.0 Å². The van der Waals surface area contributed by atoms with Crippen LogP contribution in [0.1, 0.15) is 4.88 Å². The molecule has 0 aliphatic carbocycles. The maximum absolute atomic E-state index is 8.40. The molecule has 1 aromatic heterocycles. The van der Waals surface area contributed by atoms with Gasteiger partial charge in [-0.2, -0.15) is 0 Å². The summed E-state index contributed by atoms with van der Waals surface area (Å²) in [6, 6.07) is 0. The van der Waals surface area contributed by atoms with Gasteiger partial charge in [-0.3, -0.25) is 0 Å². The highest BCUT2D eigenvalue weighted by Gasteiger charge is 1.92. The standard InChI is InChI=1S/C6H6ClNOS/c7-6-8-4-5(10-6)2-1-3-9/h1-2,4,9H,3H2/b2-1+. The third-order valence-corrected chi connectivity index (χ3v) is 1.96. The Bertz CT molecular complexity index is 233. The van der Waals surface area contributed by atoms with Gasteiger partial charge in [-0.1, -0.05) is 17.7 Å². The molecule has 0 atom stereocenters. The predicted octanol–water partition coefficient (Wildman–Crippen LogP) is 1.80. The second-order valence-electron chi connectivity index (χ2n) is 1.60. The number of hydrogen-bond acceptors (Lipinski definition) is 3. The summed E-state index contributed by atoms with van der Waals surface area (Å²) in [5.41, 5.74) is 0. The summed E-state index contributed by atoms with van der Waals surface area (Å²) >= 11 is 6.93. The Morgan fingerprint density at radius 1 is 1.80 bits per heavy atom. The van der Waals surface area contributed by atoms with Crippen molar-refractivity contribution in [1.82, 2.24) is 4.98 Å². The van der Waals surface area contributed by atoms with E-state index in [1.807, 2.05) is 0 Å². The Morgan fingerprint density at radius 3 is 3.10 bits per heavy atom. The summed E-state index contributed by atoms with van der Waals surface area (Å²) in [7, 11) is 0. The molecule has 0 aliphatic heterocycles. The van der Waals surface area contributed by atoms with Crippen molar-refractivity contribution in [2.45, 2.75) is 0 Å². The second kappa shape index (κ2) is 3.71. The van der Waals surface area contributed by atoms with Crippen molar-refractivity contribution in [2.24, 2.45) is 0 Å². The van der Waals surface area contributed by atoms with Gasteiger partial charge in [-0.15, -0.1) is 11.3 Å². The molecule has 0 aliphatic rings. The molecular weight excluding hydrogens is 170 g/mol. The van der Waals surface area contributed by atoms with E-state index in [-0.39, 0.29) is 6.61 Å². The first-order chi connectivity index (χ1) is 4.83. The largest absolute Gasteiger partial charge is 0.392 e. The Morgan fingerprint density at radius 2 is 2.60 bits per heavy atom. The average Bonchev–Trinajstić information content (AvgIpc) is 2.31. The summed E-state index contributed by atoms with van der Waals surface area (Å²) in [6.45, 7) is 0.0511. The van der Waals surface area contributed by atoms with Gasteiger partial charge in [0.15, 0.2) is 4.47 Å². The lowest BCUT2D eigenvalue weighted by Crippen LogP contribution is -1.68. The lowest BCUT2D eigenvalue weighted by Gasteiger charge is -1.77. The van der Waals surface area contributed by atoms with Crippen LogP contribution in [0.4, 0.5) is 0 Å². The molecule has 10 heavy (non-hydrogen) atoms. The van der Waals surface area contributed by atoms with Gasteiger partial charge >= 0.3 is 0 Å². The fraction of sp³-hybridized carbons (Fsp3) is 0.167. The fourth-order valence-electron chi connectivity index (χ4n) is 0.510. The van der Waals surface area contributed by atoms with Gasteiger partial charge in [-0.25, -0.2) is 4.98 Å². The van der Waals surface area contributed by atoms with Crippen molar-refractivity contribution < 1.29 is 5.11 Å². The molecule has 1 aromatic rings. The van der Waals surface area contributed by atoms with Gasteiger partial charge in [0.2, 0.25) is 0 Å². The number of aliphatic hydroxyl groups is 1. The number of aromatic nitrogens is 1. The zero-order chi connectivity index (χ0) is 7.40. The summed E-state index contributed by atoms with van der Waals surface area (Å²) in [5, 5.41) is 8.40. The Balaban J connectivity index is 2.67. The van der Waals surface area contributed by atoms with E-state index in [2.05, 4.69) is 4.98 Å². The van der Waals surface area contributed by atoms with Crippen molar-refractivity contribution in [1.29, 1.82) is 0 Å². The van der Waals surface area contributed by atoms with Crippen LogP contribution in [0.15, 0.2) is 12.3 Å². The highest BCUT2D eigenvalue weighted by atomic mass is 35.5. The zero-order valence-electron chi connectivity index (χ0n) is 5.12. The van der Waals surface area contributed by atoms with Crippen LogP contribution in [0.2, 0.25) is 4.47 Å². The van der Waals surface area contributed by atoms with Crippen LogP contribution in [0.25, 0.3) is 6.08 Å². The van der Waals surface area contributed by atoms with E-state index < -0.39 is 0 Å². The maximum Gasteiger partial charge on any atom is 0.184 e. The van der Waals surface area contributed by atoms with Crippen molar-refractivity contribution in [3.8, 4) is 0 Å². The SMILES string of the molecule is OC/C=C/c1cnc(Cl)s1. The lowest BCUT2D eigenvalue weighted by molar-refractivity contribution is 0.343. The average molecular weight is 176 g/mol. The molecule has 0 spiro atoms. The van der Waals surface area contributed by atoms with Crippen molar-refractivity contribution in [3.63, 3.8) is 0 Å². The van der Waals surface area contributed by atoms with E-state index in [0.29, 0.717) is 4.47 Å². The molecule has 0 unspecified atom stereocenters. The first kappa shape index (κ1) is 7.72. The molecule has 1 heterocycles. The minimum atomic E-state index is 0.0511. The van der Waals surface area contributed by atoms with Crippen LogP contribution >= 0.6 is 22.9 Å². The van der Waals surface area contributed by atoms with Crippen LogP contribution in [0.5, 0.6) is 0 Å². The first-order valence-corrected chi connectivity index (χ1v) is 3.91. The minimum Gasteiger partial charge on any atom is -0.392 e. The smallest absolute Gasteiger partial charge is 0.184 e. The van der Waals surface area contributed by atoms with Crippen LogP contribution in [0, 0.1) is 0 Å². The van der Waals surface area contributed by atoms with Gasteiger partial charge in [0.25, 0.3) is 0 Å². The molecule has 0 amide bonds. The van der Waals surface area contributed by atoms with Gasteiger partial charge < -0.3 is 5.11 Å². The number of aliphatic hydroxyl groups excluding tert-OH is 1. The molecule has 4 heteroatoms. The molecule has 0 saturated carbocycles. The minimum absolute atomic E-state index is 0.0511. The quantitative estimate of drug-likeness (QED) is 0.744. The Hall–Kier alpha value is -0.380. The van der Waals surface area contributed by atoms with Crippen LogP contribution in [0.3, 0.4) is 0 Å². The molecular formula is C6H6ClNOS. The van der Waals surface area contributed by atoms with Crippen LogP contribution in [-0.2, 0) is 0 Å². The molecule has 0 bridgehead atoms. The number of thiazole rings is 1. The van der Waals surface area contributed by atoms with Crippen LogP contribution in [-0.4, -0.2) is 16.7 Å². The maximum atomic E-state index is 8.40. The van der Waals surface area contributed by atoms with Crippen molar-refractivity contribution in [2.75, 3.05) is 6.61 Å². The van der Waals surface area contributed by atoms with E-state index in [1.54, 1.807) is 18.3 Å². The summed E-state index contributed by atoms with van der Waals surface area (Å²) in [4.78, 5) is 4.78. The highest BCUT2D eigenvalue weighted by molar-refractivity contribution is 7.16. The summed E-state index contributed by atoms with van der Waals surface area (Å²) in [5.74, 6) is 0. The fourth-order valence-corrected chi connectivity index (χ4v) is 1.40. The number of halogens is 1. The predicted molar refractivity (Wildman–Crippen MR) is 43.2 cm³/mol. The van der Waals surface area contributed by atoms with E-state index in [0.717, 1.165) is 4.88 Å². The molecule has 54 valence electrons. The van der Waals surface area contributed by atoms with Gasteiger partial charge in [-0.05, 0) is 6.08 Å². The summed E-state index contributed by atoms with van der Waals surface area (Å²) in [6.07, 6.45) is 5.09. The summed E-state index contributed by atoms with van der Waals surface area (Å²) < 4.78 is 0.526. The number of hydrogen-bond donors (Lipinski definition) is 1. The van der Waals surface area contributed by atoms with E-state index in [1.165, 1.54) is 11.3 Å². The molecule has 0 aromatic carbocycles. The first-order valence-electron chi connectivity index (χ1n) is 2.71. The van der Waals surface area contributed by atoms with Gasteiger partial charge in [0.05, 0.1) is 6.61 Å². The Kier molecular flexibility index (Phi) is 2.86. The van der Waals surface area contributed by atoms with E-state index in [9.17, 15) is 0 Å². The monoisotopic (exact) mass is 175 g/mol. The second-order valence-corrected chi connectivity index (χ2v) is 3.24. The zero-order valence-corrected chi connectivity index (χ0v) is 6.69. The third kappa shape index (κ3) is 2.10. The number of nitrogens with zero attached hydrogens (tertiary/aromatic N) is 1. The normalized spacial score (nSPS) is 11.0. The Labute approximate surface area is 67.8 Å². The molecule has 0 radical (unpaired) electrons. The third-order valence-electron chi connectivity index (χ3n) is 0.883. The molecule has 0 fully saturated rings. The van der Waals surface area contributed by atoms with E-state index in [4.69, 9.17) is 16.7 Å². The van der Waals surface area contributed by atoms with Gasteiger partial charge in [0.1, 0.15) is 0 Å². The topological polar surface area (TPSA) is 33.1 Å². The lowest BCUT2D eigenvalue weighted by atomic mass is 10.5. The number of rotatable bonds is 2. The molecule has 1 rings (SSSR count). The van der Waals surface area contributed by atoms with Gasteiger partial charge in [0, 0.05) is 11.1 Å². The molecule has 1 N–H and O–H groups in total. The highest BCUT2D eigenvalue weighted by Crippen LogP contribution is 2.18.